The van der Waals surface area contributed by atoms with Crippen LogP contribution >= 0.6 is 11.8 Å². The van der Waals surface area contributed by atoms with Crippen molar-refractivity contribution < 1.29 is 9.90 Å². The zero-order valence-corrected chi connectivity index (χ0v) is 7.67. The number of carboxylic acids is 1. The highest BCUT2D eigenvalue weighted by Gasteiger charge is 2.24. The van der Waals surface area contributed by atoms with E-state index in [9.17, 15) is 4.79 Å². The van der Waals surface area contributed by atoms with Crippen molar-refractivity contribution in [2.75, 3.05) is 5.75 Å². The van der Waals surface area contributed by atoms with Crippen LogP contribution in [0.1, 0.15) is 13.3 Å². The second kappa shape index (κ2) is 3.91. The largest absolute Gasteiger partial charge is 0.480 e. The van der Waals surface area contributed by atoms with Crippen LogP contribution in [0.15, 0.2) is 4.99 Å². The maximum Gasteiger partial charge on any atom is 0.329 e. The number of thioether (sulfide) groups is 1. The molecule has 0 saturated heterocycles. The van der Waals surface area contributed by atoms with Crippen molar-refractivity contribution in [3.63, 3.8) is 0 Å². The van der Waals surface area contributed by atoms with Gasteiger partial charge in [0.25, 0.3) is 0 Å². The SMILES string of the molecule is CC(N)CC1=NC(C(=O)O)CS1. The van der Waals surface area contributed by atoms with Gasteiger partial charge >= 0.3 is 5.97 Å². The number of rotatable bonds is 3. The normalized spacial score (nSPS) is 25.2. The topological polar surface area (TPSA) is 75.7 Å². The maximum absolute atomic E-state index is 10.5. The number of aliphatic imine (C=N–C) groups is 1. The Morgan fingerprint density at radius 2 is 2.67 bits per heavy atom. The summed E-state index contributed by atoms with van der Waals surface area (Å²) in [6.45, 7) is 1.89. The minimum atomic E-state index is -0.845. The number of aliphatic carboxylic acids is 1. The monoisotopic (exact) mass is 188 g/mol. The van der Waals surface area contributed by atoms with Crippen LogP contribution in [0.2, 0.25) is 0 Å². The van der Waals surface area contributed by atoms with E-state index in [0.29, 0.717) is 12.2 Å². The number of hydrogen-bond acceptors (Lipinski definition) is 4. The number of carbonyl (C=O) groups is 1. The molecule has 0 aliphatic carbocycles. The molecule has 0 saturated carbocycles. The third-order valence-corrected chi connectivity index (χ3v) is 2.58. The van der Waals surface area contributed by atoms with Crippen LogP contribution in [-0.2, 0) is 4.79 Å². The summed E-state index contributed by atoms with van der Waals surface area (Å²) in [5.74, 6) is -0.292. The van der Waals surface area contributed by atoms with Crippen molar-refractivity contribution in [2.24, 2.45) is 10.7 Å². The minimum Gasteiger partial charge on any atom is -0.480 e. The lowest BCUT2D eigenvalue weighted by Crippen LogP contribution is -2.18. The molecular formula is C7H12N2O2S. The van der Waals surface area contributed by atoms with Crippen LogP contribution < -0.4 is 5.73 Å². The Labute approximate surface area is 75.2 Å². The molecule has 0 spiro atoms. The summed E-state index contributed by atoms with van der Waals surface area (Å²) in [6, 6.07) is -0.493. The molecule has 1 rings (SSSR count). The highest BCUT2D eigenvalue weighted by Crippen LogP contribution is 2.20. The third-order valence-electron chi connectivity index (χ3n) is 1.49. The summed E-state index contributed by atoms with van der Waals surface area (Å²) in [4.78, 5) is 14.5. The molecule has 0 aromatic rings. The fourth-order valence-electron chi connectivity index (χ4n) is 0.937. The molecule has 0 aromatic carbocycles. The summed E-state index contributed by atoms with van der Waals surface area (Å²) < 4.78 is 0. The lowest BCUT2D eigenvalue weighted by Gasteiger charge is -2.01. The van der Waals surface area contributed by atoms with Gasteiger partial charge in [0.1, 0.15) is 0 Å². The minimum absolute atomic E-state index is 0.0591. The average molecular weight is 188 g/mol. The van der Waals surface area contributed by atoms with Gasteiger partial charge in [-0.2, -0.15) is 0 Å². The lowest BCUT2D eigenvalue weighted by atomic mass is 10.3. The molecule has 0 amide bonds. The zero-order valence-electron chi connectivity index (χ0n) is 6.86. The zero-order chi connectivity index (χ0) is 9.14. The molecule has 4 nitrogen and oxygen atoms in total. The van der Waals surface area contributed by atoms with Crippen molar-refractivity contribution in [3.05, 3.63) is 0 Å². The van der Waals surface area contributed by atoms with E-state index < -0.39 is 12.0 Å². The lowest BCUT2D eigenvalue weighted by molar-refractivity contribution is -0.137. The van der Waals surface area contributed by atoms with Gasteiger partial charge in [-0.1, -0.05) is 0 Å². The van der Waals surface area contributed by atoms with E-state index in [4.69, 9.17) is 10.8 Å². The van der Waals surface area contributed by atoms with E-state index in [-0.39, 0.29) is 6.04 Å². The van der Waals surface area contributed by atoms with Crippen LogP contribution in [0.3, 0.4) is 0 Å². The first-order valence-corrected chi connectivity index (χ1v) is 4.76. The smallest absolute Gasteiger partial charge is 0.329 e. The molecular weight excluding hydrogens is 176 g/mol. The van der Waals surface area contributed by atoms with Gasteiger partial charge in [0.2, 0.25) is 0 Å². The summed E-state index contributed by atoms with van der Waals surface area (Å²) in [7, 11) is 0. The van der Waals surface area contributed by atoms with Crippen molar-refractivity contribution in [1.82, 2.24) is 0 Å². The van der Waals surface area contributed by atoms with Crippen LogP contribution in [0.5, 0.6) is 0 Å². The molecule has 12 heavy (non-hydrogen) atoms. The molecule has 2 atom stereocenters. The molecule has 5 heteroatoms. The molecule has 0 aromatic heterocycles. The van der Waals surface area contributed by atoms with Gasteiger partial charge in [-0.3, -0.25) is 4.99 Å². The van der Waals surface area contributed by atoms with E-state index in [1.807, 2.05) is 6.92 Å². The first kappa shape index (κ1) is 9.54. The van der Waals surface area contributed by atoms with Crippen molar-refractivity contribution in [3.8, 4) is 0 Å². The van der Waals surface area contributed by atoms with Gasteiger partial charge in [-0.15, -0.1) is 11.8 Å². The Morgan fingerprint density at radius 3 is 3.08 bits per heavy atom. The van der Waals surface area contributed by atoms with Gasteiger partial charge in [0.15, 0.2) is 6.04 Å². The molecule has 68 valence electrons. The summed E-state index contributed by atoms with van der Waals surface area (Å²) in [5.41, 5.74) is 5.55. The Bertz CT molecular complexity index is 215. The Kier molecular flexibility index (Phi) is 3.11. The van der Waals surface area contributed by atoms with Gasteiger partial charge in [0, 0.05) is 18.2 Å². The standard InChI is InChI=1S/C7H12N2O2S/c1-4(8)2-6-9-5(3-12-6)7(10)11/h4-5H,2-3,8H2,1H3,(H,10,11). The quantitative estimate of drug-likeness (QED) is 0.669. The summed E-state index contributed by atoms with van der Waals surface area (Å²) in [5, 5.41) is 9.49. The summed E-state index contributed by atoms with van der Waals surface area (Å²) in [6.07, 6.45) is 0.689. The molecule has 1 heterocycles. The molecule has 1 aliphatic rings. The van der Waals surface area contributed by atoms with Crippen molar-refractivity contribution in [2.45, 2.75) is 25.4 Å². The van der Waals surface area contributed by atoms with Crippen LogP contribution in [-0.4, -0.2) is 34.0 Å². The number of nitrogens with zero attached hydrogens (tertiary/aromatic N) is 1. The Morgan fingerprint density at radius 1 is 2.00 bits per heavy atom. The van der Waals surface area contributed by atoms with E-state index in [1.165, 1.54) is 11.8 Å². The van der Waals surface area contributed by atoms with Crippen LogP contribution in [0.25, 0.3) is 0 Å². The van der Waals surface area contributed by atoms with Crippen LogP contribution in [0, 0.1) is 0 Å². The van der Waals surface area contributed by atoms with E-state index >= 15 is 0 Å². The fraction of sp³-hybridized carbons (Fsp3) is 0.714. The maximum atomic E-state index is 10.5. The van der Waals surface area contributed by atoms with Gasteiger partial charge < -0.3 is 10.8 Å². The highest BCUT2D eigenvalue weighted by atomic mass is 32.2. The van der Waals surface area contributed by atoms with E-state index in [1.54, 1.807) is 0 Å². The van der Waals surface area contributed by atoms with Gasteiger partial charge in [-0.05, 0) is 6.92 Å². The third kappa shape index (κ3) is 2.49. The first-order valence-electron chi connectivity index (χ1n) is 3.77. The fourth-order valence-corrected chi connectivity index (χ4v) is 2.09. The van der Waals surface area contributed by atoms with Crippen molar-refractivity contribution >= 4 is 22.8 Å². The molecule has 3 N–H and O–H groups in total. The predicted molar refractivity (Wildman–Crippen MR) is 49.6 cm³/mol. The summed E-state index contributed by atoms with van der Waals surface area (Å²) >= 11 is 1.50. The molecule has 0 fully saturated rings. The average Bonchev–Trinajstić information content (AvgIpc) is 2.34. The second-order valence-electron chi connectivity index (χ2n) is 2.87. The molecule has 1 aliphatic heterocycles. The van der Waals surface area contributed by atoms with E-state index in [0.717, 1.165) is 5.04 Å². The van der Waals surface area contributed by atoms with Gasteiger partial charge in [0.05, 0.1) is 5.04 Å². The molecule has 0 bridgehead atoms. The van der Waals surface area contributed by atoms with E-state index in [2.05, 4.69) is 4.99 Å². The Balaban J connectivity index is 2.48. The van der Waals surface area contributed by atoms with Gasteiger partial charge in [-0.25, -0.2) is 4.79 Å². The highest BCUT2D eigenvalue weighted by molar-refractivity contribution is 8.14. The predicted octanol–water partition coefficient (Wildman–Crippen LogP) is 0.322. The second-order valence-corrected chi connectivity index (χ2v) is 3.96. The van der Waals surface area contributed by atoms with Crippen LogP contribution in [0.4, 0.5) is 0 Å². The Hall–Kier alpha value is -0.550. The molecule has 0 radical (unpaired) electrons. The molecule has 2 unspecified atom stereocenters. The first-order chi connectivity index (χ1) is 5.59. The number of hydrogen-bond donors (Lipinski definition) is 2. The number of nitrogens with two attached hydrogens (primary N) is 1. The number of carboxylic acid groups (broad SMARTS) is 1. The van der Waals surface area contributed by atoms with Crippen molar-refractivity contribution in [1.29, 1.82) is 0 Å².